The van der Waals surface area contributed by atoms with Gasteiger partial charge in [-0.2, -0.15) is 0 Å². The zero-order valence-corrected chi connectivity index (χ0v) is 14.8. The van der Waals surface area contributed by atoms with Crippen LogP contribution in [-0.2, 0) is 4.74 Å². The van der Waals surface area contributed by atoms with Crippen LogP contribution >= 0.6 is 0 Å². The molecule has 0 saturated carbocycles. The largest absolute Gasteiger partial charge is 0.378 e. The van der Waals surface area contributed by atoms with Gasteiger partial charge in [0.05, 0.1) is 12.7 Å². The summed E-state index contributed by atoms with van der Waals surface area (Å²) in [7, 11) is 0. The van der Waals surface area contributed by atoms with Crippen molar-refractivity contribution in [2.75, 3.05) is 6.61 Å². The van der Waals surface area contributed by atoms with Crippen LogP contribution in [0.15, 0.2) is 48.5 Å². The Bertz CT molecular complexity index is 613. The van der Waals surface area contributed by atoms with Crippen molar-refractivity contribution in [1.29, 1.82) is 0 Å². The molecule has 0 fully saturated rings. The van der Waals surface area contributed by atoms with Crippen LogP contribution in [0.25, 0.3) is 11.1 Å². The predicted molar refractivity (Wildman–Crippen MR) is 97.8 cm³/mol. The van der Waals surface area contributed by atoms with Gasteiger partial charge in [-0.1, -0.05) is 69.3 Å². The first-order chi connectivity index (χ1) is 11.1. The van der Waals surface area contributed by atoms with Crippen molar-refractivity contribution in [1.82, 2.24) is 0 Å². The third-order valence-corrected chi connectivity index (χ3v) is 5.35. The molecule has 1 heteroatoms. The van der Waals surface area contributed by atoms with E-state index in [-0.39, 0.29) is 0 Å². The maximum Gasteiger partial charge on any atom is 0.0579 e. The van der Waals surface area contributed by atoms with Gasteiger partial charge in [0.2, 0.25) is 0 Å². The monoisotopic (exact) mass is 308 g/mol. The Balaban J connectivity index is 1.73. The maximum atomic E-state index is 6.26. The number of ether oxygens (including phenoxy) is 1. The van der Waals surface area contributed by atoms with Crippen LogP contribution in [0.5, 0.6) is 0 Å². The molecule has 0 saturated heterocycles. The molecule has 0 aromatic heterocycles. The summed E-state index contributed by atoms with van der Waals surface area (Å²) in [5, 5.41) is 0. The van der Waals surface area contributed by atoms with Gasteiger partial charge < -0.3 is 4.74 Å². The Hall–Kier alpha value is -1.60. The summed E-state index contributed by atoms with van der Waals surface area (Å²) >= 11 is 0. The molecule has 0 heterocycles. The molecular formula is C22H28O. The summed E-state index contributed by atoms with van der Waals surface area (Å²) in [6, 6.07) is 17.5. The minimum Gasteiger partial charge on any atom is -0.378 e. The van der Waals surface area contributed by atoms with Gasteiger partial charge in [0, 0.05) is 5.92 Å². The van der Waals surface area contributed by atoms with E-state index in [0.29, 0.717) is 23.9 Å². The molecule has 122 valence electrons. The van der Waals surface area contributed by atoms with Gasteiger partial charge in [-0.25, -0.2) is 0 Å². The second-order valence-electron chi connectivity index (χ2n) is 7.33. The normalized spacial score (nSPS) is 16.2. The lowest BCUT2D eigenvalue weighted by molar-refractivity contribution is 0.0416. The molecule has 0 bridgehead atoms. The van der Waals surface area contributed by atoms with Crippen molar-refractivity contribution in [3.05, 3.63) is 59.7 Å². The van der Waals surface area contributed by atoms with Crippen LogP contribution in [0.2, 0.25) is 0 Å². The molecule has 23 heavy (non-hydrogen) atoms. The molecule has 1 aliphatic rings. The fourth-order valence-corrected chi connectivity index (χ4v) is 3.56. The van der Waals surface area contributed by atoms with Gasteiger partial charge in [0.15, 0.2) is 0 Å². The Kier molecular flexibility index (Phi) is 4.87. The summed E-state index contributed by atoms with van der Waals surface area (Å²) in [5.74, 6) is 1.79. The summed E-state index contributed by atoms with van der Waals surface area (Å²) in [4.78, 5) is 0. The Morgan fingerprint density at radius 2 is 1.35 bits per heavy atom. The summed E-state index contributed by atoms with van der Waals surface area (Å²) < 4.78 is 6.26. The number of benzene rings is 2. The van der Waals surface area contributed by atoms with E-state index in [0.717, 1.165) is 13.0 Å². The summed E-state index contributed by atoms with van der Waals surface area (Å²) in [6.07, 6.45) is 1.44. The van der Waals surface area contributed by atoms with Crippen LogP contribution in [0.1, 0.15) is 51.2 Å². The van der Waals surface area contributed by atoms with Crippen molar-refractivity contribution in [2.45, 2.75) is 46.1 Å². The van der Waals surface area contributed by atoms with Crippen LogP contribution in [-0.4, -0.2) is 12.7 Å². The Morgan fingerprint density at radius 1 is 0.826 bits per heavy atom. The standard InChI is InChI=1S/C22H28O/c1-15(2)16(3)13-17(4)23-14-22-20-11-7-5-9-18(20)19-10-6-8-12-21(19)22/h5-12,15-17,22H,13-14H2,1-4H3. The van der Waals surface area contributed by atoms with Gasteiger partial charge >= 0.3 is 0 Å². The van der Waals surface area contributed by atoms with Crippen LogP contribution in [0, 0.1) is 11.8 Å². The van der Waals surface area contributed by atoms with E-state index in [2.05, 4.69) is 76.2 Å². The Morgan fingerprint density at radius 3 is 1.87 bits per heavy atom. The fraction of sp³-hybridized carbons (Fsp3) is 0.455. The molecule has 0 N–H and O–H groups in total. The summed E-state index contributed by atoms with van der Waals surface area (Å²) in [5.41, 5.74) is 5.58. The van der Waals surface area contributed by atoms with E-state index in [4.69, 9.17) is 4.74 Å². The lowest BCUT2D eigenvalue weighted by Crippen LogP contribution is -2.19. The smallest absolute Gasteiger partial charge is 0.0579 e. The highest BCUT2D eigenvalue weighted by Crippen LogP contribution is 2.44. The topological polar surface area (TPSA) is 9.23 Å². The third-order valence-electron chi connectivity index (χ3n) is 5.35. The van der Waals surface area contributed by atoms with Crippen molar-refractivity contribution < 1.29 is 4.74 Å². The van der Waals surface area contributed by atoms with Gasteiger partial charge in [-0.15, -0.1) is 0 Å². The average molecular weight is 308 g/mol. The van der Waals surface area contributed by atoms with Gasteiger partial charge in [0.1, 0.15) is 0 Å². The number of hydrogen-bond acceptors (Lipinski definition) is 1. The van der Waals surface area contributed by atoms with Gasteiger partial charge in [0.25, 0.3) is 0 Å². The lowest BCUT2D eigenvalue weighted by Gasteiger charge is -2.23. The van der Waals surface area contributed by atoms with Crippen LogP contribution < -0.4 is 0 Å². The predicted octanol–water partition coefficient (Wildman–Crippen LogP) is 5.89. The van der Waals surface area contributed by atoms with E-state index in [1.165, 1.54) is 22.3 Å². The quantitative estimate of drug-likeness (QED) is 0.647. The summed E-state index contributed by atoms with van der Waals surface area (Å²) in [6.45, 7) is 9.90. The highest BCUT2D eigenvalue weighted by atomic mass is 16.5. The SMILES string of the molecule is CC(CC(C)C(C)C)OCC1c2ccccc2-c2ccccc21. The van der Waals surface area contributed by atoms with Crippen LogP contribution in [0.3, 0.4) is 0 Å². The number of hydrogen-bond donors (Lipinski definition) is 0. The molecule has 0 spiro atoms. The highest BCUT2D eigenvalue weighted by Gasteiger charge is 2.28. The molecule has 3 rings (SSSR count). The van der Waals surface area contributed by atoms with E-state index in [1.807, 2.05) is 0 Å². The molecule has 0 aliphatic heterocycles. The second kappa shape index (κ2) is 6.88. The van der Waals surface area contributed by atoms with Crippen molar-refractivity contribution in [2.24, 2.45) is 11.8 Å². The number of rotatable bonds is 6. The van der Waals surface area contributed by atoms with Crippen molar-refractivity contribution in [3.63, 3.8) is 0 Å². The maximum absolute atomic E-state index is 6.26. The first kappa shape index (κ1) is 16.3. The molecule has 2 aromatic carbocycles. The molecule has 2 unspecified atom stereocenters. The first-order valence-corrected chi connectivity index (χ1v) is 8.87. The molecule has 2 atom stereocenters. The van der Waals surface area contributed by atoms with Crippen molar-refractivity contribution in [3.8, 4) is 11.1 Å². The zero-order chi connectivity index (χ0) is 16.4. The minimum atomic E-state index is 0.312. The molecule has 1 nitrogen and oxygen atoms in total. The van der Waals surface area contributed by atoms with E-state index in [9.17, 15) is 0 Å². The minimum absolute atomic E-state index is 0.312. The van der Waals surface area contributed by atoms with E-state index < -0.39 is 0 Å². The molecular weight excluding hydrogens is 280 g/mol. The highest BCUT2D eigenvalue weighted by molar-refractivity contribution is 5.78. The second-order valence-corrected chi connectivity index (χ2v) is 7.33. The molecule has 2 aromatic rings. The van der Waals surface area contributed by atoms with E-state index in [1.54, 1.807) is 0 Å². The van der Waals surface area contributed by atoms with Gasteiger partial charge in [-0.3, -0.25) is 0 Å². The fourth-order valence-electron chi connectivity index (χ4n) is 3.56. The molecule has 0 amide bonds. The van der Waals surface area contributed by atoms with Crippen molar-refractivity contribution >= 4 is 0 Å². The van der Waals surface area contributed by atoms with Gasteiger partial charge in [-0.05, 0) is 47.4 Å². The third kappa shape index (κ3) is 3.35. The number of fused-ring (bicyclic) bond motifs is 3. The van der Waals surface area contributed by atoms with Crippen LogP contribution in [0.4, 0.5) is 0 Å². The molecule has 1 aliphatic carbocycles. The zero-order valence-electron chi connectivity index (χ0n) is 14.8. The lowest BCUT2D eigenvalue weighted by atomic mass is 9.92. The first-order valence-electron chi connectivity index (χ1n) is 8.87. The van der Waals surface area contributed by atoms with E-state index >= 15 is 0 Å². The Labute approximate surface area is 140 Å². The molecule has 0 radical (unpaired) electrons. The average Bonchev–Trinajstić information content (AvgIpc) is 2.87.